The highest BCUT2D eigenvalue weighted by atomic mass is 16.5. The Morgan fingerprint density at radius 2 is 1.78 bits per heavy atom. The fraction of sp³-hybridized carbons (Fsp3) is 0.333. The number of rotatable bonds is 6. The first-order valence-corrected chi connectivity index (χ1v) is 8.77. The van der Waals surface area contributed by atoms with Gasteiger partial charge in [0.25, 0.3) is 0 Å². The highest BCUT2D eigenvalue weighted by Gasteiger charge is 2.44. The van der Waals surface area contributed by atoms with Gasteiger partial charge in [-0.2, -0.15) is 0 Å². The van der Waals surface area contributed by atoms with Gasteiger partial charge in [-0.05, 0) is 43.2 Å². The molecular weight excluding hydrogens is 344 g/mol. The van der Waals surface area contributed by atoms with Crippen LogP contribution in [0.3, 0.4) is 0 Å². The van der Waals surface area contributed by atoms with Crippen LogP contribution in [0.1, 0.15) is 25.0 Å². The summed E-state index contributed by atoms with van der Waals surface area (Å²) in [6.07, 6.45) is 0. The van der Waals surface area contributed by atoms with Crippen molar-refractivity contribution in [2.24, 2.45) is 0 Å². The number of nitrogens with one attached hydrogen (secondary N) is 1. The van der Waals surface area contributed by atoms with Crippen LogP contribution < -0.4 is 19.7 Å². The van der Waals surface area contributed by atoms with Gasteiger partial charge in [0, 0.05) is 12.2 Å². The van der Waals surface area contributed by atoms with Crippen molar-refractivity contribution in [3.63, 3.8) is 0 Å². The zero-order valence-electron chi connectivity index (χ0n) is 16.0. The zero-order valence-corrected chi connectivity index (χ0v) is 16.0. The molecule has 1 aliphatic heterocycles. The molecule has 3 rings (SSSR count). The lowest BCUT2D eigenvalue weighted by molar-refractivity contribution is -0.125. The summed E-state index contributed by atoms with van der Waals surface area (Å²) in [5.74, 6) is 0.958. The van der Waals surface area contributed by atoms with Gasteiger partial charge in [-0.3, -0.25) is 9.59 Å². The molecule has 2 aromatic carbocycles. The third-order valence-corrected chi connectivity index (χ3v) is 4.89. The Morgan fingerprint density at radius 3 is 2.48 bits per heavy atom. The van der Waals surface area contributed by atoms with Crippen LogP contribution in [0.5, 0.6) is 11.5 Å². The Kier molecular flexibility index (Phi) is 5.08. The molecule has 0 radical (unpaired) electrons. The van der Waals surface area contributed by atoms with Crippen LogP contribution in [0.4, 0.5) is 5.69 Å². The number of para-hydroxylation sites is 1. The molecule has 0 atom stereocenters. The zero-order chi connectivity index (χ0) is 19.6. The number of benzene rings is 2. The number of ether oxygens (including phenoxy) is 2. The summed E-state index contributed by atoms with van der Waals surface area (Å²) in [5.41, 5.74) is 2.01. The lowest BCUT2D eigenvalue weighted by atomic mass is 9.86. The molecule has 27 heavy (non-hydrogen) atoms. The number of hydrogen-bond acceptors (Lipinski definition) is 4. The molecular formula is C21H24N2O4. The topological polar surface area (TPSA) is 67.9 Å². The van der Waals surface area contributed by atoms with Gasteiger partial charge in [0.1, 0.15) is 6.54 Å². The lowest BCUT2D eigenvalue weighted by Gasteiger charge is -2.20. The van der Waals surface area contributed by atoms with E-state index in [2.05, 4.69) is 5.32 Å². The van der Waals surface area contributed by atoms with Gasteiger partial charge >= 0.3 is 0 Å². The minimum Gasteiger partial charge on any atom is -0.493 e. The molecule has 0 saturated carbocycles. The van der Waals surface area contributed by atoms with E-state index < -0.39 is 5.41 Å². The van der Waals surface area contributed by atoms with Crippen molar-refractivity contribution in [3.8, 4) is 11.5 Å². The van der Waals surface area contributed by atoms with Gasteiger partial charge in [0.15, 0.2) is 11.5 Å². The van der Waals surface area contributed by atoms with E-state index >= 15 is 0 Å². The van der Waals surface area contributed by atoms with Gasteiger partial charge in [-0.1, -0.05) is 24.3 Å². The van der Waals surface area contributed by atoms with E-state index in [0.29, 0.717) is 18.0 Å². The van der Waals surface area contributed by atoms with E-state index in [4.69, 9.17) is 9.47 Å². The summed E-state index contributed by atoms with van der Waals surface area (Å²) in [4.78, 5) is 26.8. The normalized spacial score (nSPS) is 14.7. The highest BCUT2D eigenvalue weighted by molar-refractivity contribution is 6.10. The molecule has 1 aliphatic rings. The molecule has 1 N–H and O–H groups in total. The molecule has 142 valence electrons. The largest absolute Gasteiger partial charge is 0.493 e. The number of methoxy groups -OCH3 is 2. The minimum absolute atomic E-state index is 0.00737. The van der Waals surface area contributed by atoms with Crippen LogP contribution in [0.15, 0.2) is 42.5 Å². The fourth-order valence-electron chi connectivity index (χ4n) is 3.35. The second kappa shape index (κ2) is 7.31. The number of fused-ring (bicyclic) bond motifs is 1. The molecule has 0 spiro atoms. The molecule has 0 bridgehead atoms. The summed E-state index contributed by atoms with van der Waals surface area (Å²) in [5, 5.41) is 2.86. The Bertz CT molecular complexity index is 876. The Labute approximate surface area is 159 Å². The average Bonchev–Trinajstić information content (AvgIpc) is 2.87. The molecule has 1 heterocycles. The first-order chi connectivity index (χ1) is 12.9. The molecule has 0 fully saturated rings. The Morgan fingerprint density at radius 1 is 1.07 bits per heavy atom. The summed E-state index contributed by atoms with van der Waals surface area (Å²) >= 11 is 0. The maximum Gasteiger partial charge on any atom is 0.240 e. The Balaban J connectivity index is 1.68. The van der Waals surface area contributed by atoms with Crippen LogP contribution >= 0.6 is 0 Å². The number of anilines is 1. The monoisotopic (exact) mass is 368 g/mol. The third kappa shape index (κ3) is 3.47. The molecule has 6 heteroatoms. The summed E-state index contributed by atoms with van der Waals surface area (Å²) in [6, 6.07) is 13.1. The van der Waals surface area contributed by atoms with Crippen LogP contribution in [0.25, 0.3) is 0 Å². The van der Waals surface area contributed by atoms with E-state index in [1.807, 2.05) is 50.2 Å². The Hall–Kier alpha value is -3.02. The van der Waals surface area contributed by atoms with Gasteiger partial charge in [-0.15, -0.1) is 0 Å². The number of amides is 2. The van der Waals surface area contributed by atoms with Crippen molar-refractivity contribution in [1.29, 1.82) is 0 Å². The maximum atomic E-state index is 12.8. The minimum atomic E-state index is -0.625. The van der Waals surface area contributed by atoms with Crippen molar-refractivity contribution in [2.45, 2.75) is 25.8 Å². The molecule has 2 aromatic rings. The third-order valence-electron chi connectivity index (χ3n) is 4.89. The van der Waals surface area contributed by atoms with Crippen LogP contribution in [0.2, 0.25) is 0 Å². The second-order valence-electron chi connectivity index (χ2n) is 7.00. The van der Waals surface area contributed by atoms with Crippen LogP contribution in [-0.4, -0.2) is 32.6 Å². The van der Waals surface area contributed by atoms with E-state index in [1.165, 1.54) is 0 Å². The quantitative estimate of drug-likeness (QED) is 0.851. The lowest BCUT2D eigenvalue weighted by Crippen LogP contribution is -2.42. The SMILES string of the molecule is COc1ccc(CNC(=O)CN2C(=O)C(C)(C)c3ccccc32)cc1OC. The number of hydrogen-bond donors (Lipinski definition) is 1. The van der Waals surface area contributed by atoms with Crippen LogP contribution in [-0.2, 0) is 21.5 Å². The van der Waals surface area contributed by atoms with E-state index in [0.717, 1.165) is 16.8 Å². The van der Waals surface area contributed by atoms with Crippen molar-refractivity contribution in [3.05, 3.63) is 53.6 Å². The summed E-state index contributed by atoms with van der Waals surface area (Å²) < 4.78 is 10.5. The maximum absolute atomic E-state index is 12.8. The smallest absolute Gasteiger partial charge is 0.240 e. The molecule has 2 amide bonds. The predicted octanol–water partition coefficient (Wildman–Crippen LogP) is 2.64. The van der Waals surface area contributed by atoms with Gasteiger partial charge < -0.3 is 19.7 Å². The van der Waals surface area contributed by atoms with Gasteiger partial charge in [0.05, 0.1) is 19.6 Å². The van der Waals surface area contributed by atoms with Crippen LogP contribution in [0, 0.1) is 0 Å². The standard InChI is InChI=1S/C21H24N2O4/c1-21(2)15-7-5-6-8-16(15)23(20(21)25)13-19(24)22-12-14-9-10-17(26-3)18(11-14)27-4/h5-11H,12-13H2,1-4H3,(H,22,24). The van der Waals surface area contributed by atoms with Crippen molar-refractivity contribution in [1.82, 2.24) is 5.32 Å². The van der Waals surface area contributed by atoms with Crippen molar-refractivity contribution < 1.29 is 19.1 Å². The summed E-state index contributed by atoms with van der Waals surface area (Å²) in [6.45, 7) is 4.10. The van der Waals surface area contributed by atoms with Crippen molar-refractivity contribution >= 4 is 17.5 Å². The average molecular weight is 368 g/mol. The molecule has 0 aliphatic carbocycles. The van der Waals surface area contributed by atoms with E-state index in [-0.39, 0.29) is 18.4 Å². The summed E-state index contributed by atoms with van der Waals surface area (Å²) in [7, 11) is 3.14. The molecule has 6 nitrogen and oxygen atoms in total. The molecule has 0 saturated heterocycles. The molecule has 0 aromatic heterocycles. The second-order valence-corrected chi connectivity index (χ2v) is 7.00. The number of carbonyl (C=O) groups is 2. The highest BCUT2D eigenvalue weighted by Crippen LogP contribution is 2.40. The van der Waals surface area contributed by atoms with Crippen molar-refractivity contribution in [2.75, 3.05) is 25.7 Å². The fourth-order valence-corrected chi connectivity index (χ4v) is 3.35. The van der Waals surface area contributed by atoms with E-state index in [9.17, 15) is 9.59 Å². The van der Waals surface area contributed by atoms with Gasteiger partial charge in [0.2, 0.25) is 11.8 Å². The number of carbonyl (C=O) groups excluding carboxylic acids is 2. The molecule has 0 unspecified atom stereocenters. The van der Waals surface area contributed by atoms with E-state index in [1.54, 1.807) is 25.2 Å². The first-order valence-electron chi connectivity index (χ1n) is 8.77. The first kappa shape index (κ1) is 18.8. The number of nitrogens with zero attached hydrogens (tertiary/aromatic N) is 1. The predicted molar refractivity (Wildman–Crippen MR) is 103 cm³/mol. The van der Waals surface area contributed by atoms with Gasteiger partial charge in [-0.25, -0.2) is 0 Å².